The number of carbonyl (C=O) groups is 2. The number of carbonyl (C=O) groups excluding carboxylic acids is 1. The van der Waals surface area contributed by atoms with E-state index in [0.29, 0.717) is 10.6 Å². The first-order valence-corrected chi connectivity index (χ1v) is 6.99. The van der Waals surface area contributed by atoms with Gasteiger partial charge in [-0.1, -0.05) is 15.9 Å². The fourth-order valence-corrected chi connectivity index (χ4v) is 2.71. The number of rotatable bonds is 3. The average Bonchev–Trinajstić information content (AvgIpc) is 2.71. The summed E-state index contributed by atoms with van der Waals surface area (Å²) in [7, 11) is 0. The maximum atomic E-state index is 12.0. The molecule has 0 aliphatic heterocycles. The maximum absolute atomic E-state index is 12.0. The summed E-state index contributed by atoms with van der Waals surface area (Å²) in [5.41, 5.74) is 0.596. The Bertz CT molecular complexity index is 634. The van der Waals surface area contributed by atoms with E-state index >= 15 is 0 Å². The third kappa shape index (κ3) is 3.21. The van der Waals surface area contributed by atoms with E-state index in [-0.39, 0.29) is 11.5 Å². The van der Waals surface area contributed by atoms with Crippen LogP contribution < -0.4 is 5.32 Å². The number of nitrogens with one attached hydrogen (secondary N) is 1. The first-order chi connectivity index (χ1) is 8.97. The van der Waals surface area contributed by atoms with Gasteiger partial charge in [0.05, 0.1) is 5.56 Å². The summed E-state index contributed by atoms with van der Waals surface area (Å²) < 4.78 is 0.877. The van der Waals surface area contributed by atoms with Crippen LogP contribution in [-0.4, -0.2) is 17.0 Å². The number of carboxylic acid groups (broad SMARTS) is 1. The van der Waals surface area contributed by atoms with Crippen molar-refractivity contribution < 1.29 is 14.7 Å². The van der Waals surface area contributed by atoms with Gasteiger partial charge in [0.15, 0.2) is 0 Å². The highest BCUT2D eigenvalue weighted by Gasteiger charge is 2.16. The molecule has 2 aromatic rings. The van der Waals surface area contributed by atoms with Gasteiger partial charge in [0.2, 0.25) is 0 Å². The molecule has 0 atom stereocenters. The largest absolute Gasteiger partial charge is 0.478 e. The van der Waals surface area contributed by atoms with Crippen molar-refractivity contribution in [3.05, 3.63) is 50.8 Å². The van der Waals surface area contributed by atoms with Crippen LogP contribution in [0.2, 0.25) is 0 Å². The molecule has 2 rings (SSSR count). The number of benzene rings is 1. The molecule has 0 aliphatic carbocycles. The number of anilines is 1. The van der Waals surface area contributed by atoms with Gasteiger partial charge in [-0.05, 0) is 37.3 Å². The van der Waals surface area contributed by atoms with Gasteiger partial charge in [0.25, 0.3) is 5.91 Å². The summed E-state index contributed by atoms with van der Waals surface area (Å²) >= 11 is 4.53. The molecule has 1 aromatic heterocycles. The van der Waals surface area contributed by atoms with Crippen LogP contribution in [0.15, 0.2) is 34.8 Å². The van der Waals surface area contributed by atoms with E-state index in [1.54, 1.807) is 37.3 Å². The second-order valence-corrected chi connectivity index (χ2v) is 6.04. The first-order valence-electron chi connectivity index (χ1n) is 5.38. The van der Waals surface area contributed by atoms with E-state index in [1.165, 1.54) is 11.3 Å². The van der Waals surface area contributed by atoms with Crippen molar-refractivity contribution >= 4 is 44.1 Å². The monoisotopic (exact) mass is 339 g/mol. The van der Waals surface area contributed by atoms with E-state index in [9.17, 15) is 9.59 Å². The molecule has 6 heteroatoms. The molecule has 1 aromatic carbocycles. The molecule has 0 spiro atoms. The zero-order chi connectivity index (χ0) is 14.0. The highest BCUT2D eigenvalue weighted by Crippen LogP contribution is 2.28. The van der Waals surface area contributed by atoms with Gasteiger partial charge < -0.3 is 10.4 Å². The normalized spacial score (nSPS) is 10.2. The highest BCUT2D eigenvalue weighted by atomic mass is 79.9. The predicted octanol–water partition coefficient (Wildman–Crippen LogP) is 3.77. The Morgan fingerprint density at radius 3 is 2.47 bits per heavy atom. The Hall–Kier alpha value is -1.66. The quantitative estimate of drug-likeness (QED) is 0.894. The molecule has 0 saturated carbocycles. The molecule has 98 valence electrons. The van der Waals surface area contributed by atoms with Crippen molar-refractivity contribution in [1.82, 2.24) is 0 Å². The molecule has 19 heavy (non-hydrogen) atoms. The number of carboxylic acids is 1. The Kier molecular flexibility index (Phi) is 4.01. The minimum Gasteiger partial charge on any atom is -0.478 e. The molecule has 2 N–H and O–H groups in total. The minimum absolute atomic E-state index is 0.118. The topological polar surface area (TPSA) is 66.4 Å². The van der Waals surface area contributed by atoms with Gasteiger partial charge in [-0.3, -0.25) is 4.79 Å². The summed E-state index contributed by atoms with van der Waals surface area (Å²) in [6, 6.07) is 8.39. The van der Waals surface area contributed by atoms with Crippen molar-refractivity contribution in [1.29, 1.82) is 0 Å². The van der Waals surface area contributed by atoms with Crippen LogP contribution in [0.1, 0.15) is 25.6 Å². The third-order valence-electron chi connectivity index (χ3n) is 2.42. The van der Waals surface area contributed by atoms with Gasteiger partial charge in [-0.25, -0.2) is 4.79 Å². The molecule has 1 amide bonds. The molecule has 0 fully saturated rings. The van der Waals surface area contributed by atoms with Crippen LogP contribution in [0, 0.1) is 6.92 Å². The molecule has 0 bridgehead atoms. The van der Waals surface area contributed by atoms with E-state index in [2.05, 4.69) is 21.2 Å². The zero-order valence-electron chi connectivity index (χ0n) is 9.94. The Balaban J connectivity index is 2.24. The average molecular weight is 340 g/mol. The number of aromatic carboxylic acids is 1. The molecule has 4 nitrogen and oxygen atoms in total. The van der Waals surface area contributed by atoms with Crippen molar-refractivity contribution in [2.45, 2.75) is 6.92 Å². The summed E-state index contributed by atoms with van der Waals surface area (Å²) in [5, 5.41) is 12.0. The van der Waals surface area contributed by atoms with E-state index < -0.39 is 5.97 Å². The molecular formula is C13H10BrNO3S. The van der Waals surface area contributed by atoms with E-state index in [4.69, 9.17) is 5.11 Å². The zero-order valence-corrected chi connectivity index (χ0v) is 12.3. The molecule has 0 saturated heterocycles. The number of amides is 1. The number of halogens is 1. The first kappa shape index (κ1) is 13.8. The van der Waals surface area contributed by atoms with E-state index in [1.807, 2.05) is 0 Å². The van der Waals surface area contributed by atoms with Gasteiger partial charge in [-0.2, -0.15) is 0 Å². The van der Waals surface area contributed by atoms with Gasteiger partial charge in [-0.15, -0.1) is 11.3 Å². The fourth-order valence-electron chi connectivity index (χ4n) is 1.54. The van der Waals surface area contributed by atoms with Crippen LogP contribution in [0.5, 0.6) is 0 Å². The third-order valence-corrected chi connectivity index (χ3v) is 3.91. The van der Waals surface area contributed by atoms with Crippen molar-refractivity contribution in [2.24, 2.45) is 0 Å². The molecule has 0 aliphatic rings. The van der Waals surface area contributed by atoms with Crippen molar-refractivity contribution in [2.75, 3.05) is 5.32 Å². The van der Waals surface area contributed by atoms with E-state index in [0.717, 1.165) is 9.35 Å². The molecular weight excluding hydrogens is 330 g/mol. The summed E-state index contributed by atoms with van der Waals surface area (Å²) in [6.07, 6.45) is 0. The predicted molar refractivity (Wildman–Crippen MR) is 78.1 cm³/mol. The van der Waals surface area contributed by atoms with Crippen LogP contribution >= 0.6 is 27.3 Å². The summed E-state index contributed by atoms with van der Waals surface area (Å²) in [6.45, 7) is 1.80. The van der Waals surface area contributed by atoms with Crippen LogP contribution in [0.3, 0.4) is 0 Å². The lowest BCUT2D eigenvalue weighted by Gasteiger charge is -2.04. The Morgan fingerprint density at radius 2 is 1.89 bits per heavy atom. The molecule has 1 heterocycles. The Morgan fingerprint density at radius 1 is 1.26 bits per heavy atom. The molecule has 0 radical (unpaired) electrons. The van der Waals surface area contributed by atoms with Crippen LogP contribution in [0.4, 0.5) is 5.00 Å². The lowest BCUT2D eigenvalue weighted by atomic mass is 10.2. The molecule has 0 unspecified atom stereocenters. The fraction of sp³-hybridized carbons (Fsp3) is 0.0769. The second kappa shape index (κ2) is 5.54. The van der Waals surface area contributed by atoms with Crippen LogP contribution in [0.25, 0.3) is 0 Å². The van der Waals surface area contributed by atoms with Gasteiger partial charge in [0.1, 0.15) is 5.00 Å². The smallest absolute Gasteiger partial charge is 0.338 e. The SMILES string of the molecule is Cc1cc(C(=O)O)c(NC(=O)c2ccc(Br)cc2)s1. The minimum atomic E-state index is -1.05. The lowest BCUT2D eigenvalue weighted by Crippen LogP contribution is -2.12. The van der Waals surface area contributed by atoms with Gasteiger partial charge >= 0.3 is 5.97 Å². The van der Waals surface area contributed by atoms with Gasteiger partial charge in [0, 0.05) is 14.9 Å². The van der Waals surface area contributed by atoms with Crippen molar-refractivity contribution in [3.63, 3.8) is 0 Å². The lowest BCUT2D eigenvalue weighted by molar-refractivity contribution is 0.0698. The number of hydrogen-bond acceptors (Lipinski definition) is 3. The Labute approximate surface area is 122 Å². The maximum Gasteiger partial charge on any atom is 0.338 e. The summed E-state index contributed by atoms with van der Waals surface area (Å²) in [5.74, 6) is -1.37. The standard InChI is InChI=1S/C13H10BrNO3S/c1-7-6-10(13(17)18)12(19-7)15-11(16)8-2-4-9(14)5-3-8/h2-6H,1H3,(H,15,16)(H,17,18). The summed E-state index contributed by atoms with van der Waals surface area (Å²) in [4.78, 5) is 23.9. The van der Waals surface area contributed by atoms with Crippen LogP contribution in [-0.2, 0) is 0 Å². The highest BCUT2D eigenvalue weighted by molar-refractivity contribution is 9.10. The number of thiophene rings is 1. The second-order valence-electron chi connectivity index (χ2n) is 3.87. The number of aryl methyl sites for hydroxylation is 1. The van der Waals surface area contributed by atoms with Crippen molar-refractivity contribution in [3.8, 4) is 0 Å². The number of hydrogen-bond donors (Lipinski definition) is 2.